The van der Waals surface area contributed by atoms with Crippen molar-refractivity contribution in [2.75, 3.05) is 7.11 Å². The molecule has 0 radical (unpaired) electrons. The van der Waals surface area contributed by atoms with Crippen molar-refractivity contribution in [2.45, 2.75) is 20.3 Å². The van der Waals surface area contributed by atoms with Crippen LogP contribution in [0.25, 0.3) is 0 Å². The van der Waals surface area contributed by atoms with E-state index >= 15 is 0 Å². The van der Waals surface area contributed by atoms with Crippen LogP contribution in [0.1, 0.15) is 25.8 Å². The van der Waals surface area contributed by atoms with E-state index in [2.05, 4.69) is 30.4 Å². The van der Waals surface area contributed by atoms with Gasteiger partial charge in [-0.3, -0.25) is 4.79 Å². The summed E-state index contributed by atoms with van der Waals surface area (Å²) >= 11 is 0. The molecule has 0 aliphatic rings. The minimum absolute atomic E-state index is 0.231. The average Bonchev–Trinajstić information content (AvgIpc) is 2.36. The van der Waals surface area contributed by atoms with Crippen molar-refractivity contribution >= 4 is 5.97 Å². The van der Waals surface area contributed by atoms with Gasteiger partial charge in [0.05, 0.1) is 13.5 Å². The van der Waals surface area contributed by atoms with Gasteiger partial charge in [0.15, 0.2) is 0 Å². The Bertz CT molecular complexity index is 473. The van der Waals surface area contributed by atoms with Crippen molar-refractivity contribution in [3.8, 4) is 11.8 Å². The third-order valence-corrected chi connectivity index (χ3v) is 2.24. The van der Waals surface area contributed by atoms with Gasteiger partial charge >= 0.3 is 5.97 Å². The Labute approximate surface area is 109 Å². The molecule has 1 aromatic rings. The van der Waals surface area contributed by atoms with E-state index in [0.29, 0.717) is 5.92 Å². The molecule has 94 valence electrons. The second kappa shape index (κ2) is 7.34. The number of esters is 1. The fraction of sp³-hybridized carbons (Fsp3) is 0.312. The molecule has 0 atom stereocenters. The number of carbonyl (C=O) groups excluding carboxylic acids is 1. The molecule has 0 amide bonds. The van der Waals surface area contributed by atoms with Crippen LogP contribution >= 0.6 is 0 Å². The predicted molar refractivity (Wildman–Crippen MR) is 72.9 cm³/mol. The lowest BCUT2D eigenvalue weighted by Gasteiger charge is -2.01. The molecular weight excluding hydrogens is 224 g/mol. The van der Waals surface area contributed by atoms with Crippen LogP contribution in [-0.2, 0) is 9.53 Å². The molecule has 0 fully saturated rings. The fourth-order valence-electron chi connectivity index (χ4n) is 1.45. The van der Waals surface area contributed by atoms with Crippen LogP contribution in [-0.4, -0.2) is 13.1 Å². The summed E-state index contributed by atoms with van der Waals surface area (Å²) in [5.41, 5.74) is 1.75. The Morgan fingerprint density at radius 2 is 2.00 bits per heavy atom. The van der Waals surface area contributed by atoms with Crippen LogP contribution in [0.2, 0.25) is 0 Å². The Kier molecular flexibility index (Phi) is 5.73. The molecule has 1 rings (SSSR count). The predicted octanol–water partition coefficient (Wildman–Crippen LogP) is 3.18. The Morgan fingerprint density at radius 1 is 1.33 bits per heavy atom. The minimum Gasteiger partial charge on any atom is -0.469 e. The van der Waals surface area contributed by atoms with Crippen LogP contribution in [0.15, 0.2) is 42.0 Å². The first-order valence-corrected chi connectivity index (χ1v) is 5.96. The van der Waals surface area contributed by atoms with E-state index < -0.39 is 0 Å². The van der Waals surface area contributed by atoms with Gasteiger partial charge in [0.1, 0.15) is 0 Å². The molecule has 0 aliphatic heterocycles. The van der Waals surface area contributed by atoms with Gasteiger partial charge in [0.2, 0.25) is 0 Å². The topological polar surface area (TPSA) is 26.3 Å². The van der Waals surface area contributed by atoms with Crippen LogP contribution in [0.5, 0.6) is 0 Å². The summed E-state index contributed by atoms with van der Waals surface area (Å²) in [7, 11) is 1.39. The van der Waals surface area contributed by atoms with Crippen molar-refractivity contribution in [3.05, 3.63) is 47.5 Å². The molecule has 0 aliphatic carbocycles. The number of carbonyl (C=O) groups is 1. The molecule has 2 heteroatoms. The Hall–Kier alpha value is -2.01. The molecule has 0 saturated heterocycles. The maximum Gasteiger partial charge on any atom is 0.310 e. The zero-order chi connectivity index (χ0) is 13.4. The zero-order valence-electron chi connectivity index (χ0n) is 11.1. The van der Waals surface area contributed by atoms with Gasteiger partial charge in [-0.1, -0.05) is 50.0 Å². The molecule has 2 nitrogen and oxygen atoms in total. The second-order valence-electron chi connectivity index (χ2n) is 4.30. The molecule has 0 spiro atoms. The highest BCUT2D eigenvalue weighted by molar-refractivity contribution is 5.73. The minimum atomic E-state index is -0.260. The van der Waals surface area contributed by atoms with Crippen LogP contribution in [0.3, 0.4) is 0 Å². The van der Waals surface area contributed by atoms with E-state index in [-0.39, 0.29) is 12.4 Å². The summed E-state index contributed by atoms with van der Waals surface area (Å²) in [6.07, 6.45) is 2.22. The highest BCUT2D eigenvalue weighted by Gasteiger charge is 2.04. The monoisotopic (exact) mass is 242 g/mol. The van der Waals surface area contributed by atoms with Crippen molar-refractivity contribution in [1.82, 2.24) is 0 Å². The highest BCUT2D eigenvalue weighted by Crippen LogP contribution is 2.07. The number of allylic oxidation sites excluding steroid dienone is 1. The molecule has 18 heavy (non-hydrogen) atoms. The van der Waals surface area contributed by atoms with Crippen LogP contribution < -0.4 is 0 Å². The molecule has 0 N–H and O–H groups in total. The van der Waals surface area contributed by atoms with E-state index in [1.165, 1.54) is 7.11 Å². The van der Waals surface area contributed by atoms with Crippen molar-refractivity contribution < 1.29 is 9.53 Å². The van der Waals surface area contributed by atoms with Gasteiger partial charge in [-0.25, -0.2) is 0 Å². The van der Waals surface area contributed by atoms with Crippen LogP contribution in [0, 0.1) is 17.8 Å². The lowest BCUT2D eigenvalue weighted by Crippen LogP contribution is -2.01. The van der Waals surface area contributed by atoms with Crippen molar-refractivity contribution in [3.63, 3.8) is 0 Å². The van der Waals surface area contributed by atoms with Gasteiger partial charge in [-0.05, 0) is 18.1 Å². The number of methoxy groups -OCH3 is 1. The number of rotatable bonds is 3. The highest BCUT2D eigenvalue weighted by atomic mass is 16.5. The quantitative estimate of drug-likeness (QED) is 0.601. The van der Waals surface area contributed by atoms with E-state index in [0.717, 1.165) is 11.1 Å². The van der Waals surface area contributed by atoms with Crippen molar-refractivity contribution in [2.24, 2.45) is 5.92 Å². The van der Waals surface area contributed by atoms with E-state index in [1.54, 1.807) is 0 Å². The summed E-state index contributed by atoms with van der Waals surface area (Å²) in [6, 6.07) is 9.72. The average molecular weight is 242 g/mol. The summed E-state index contributed by atoms with van der Waals surface area (Å²) in [5.74, 6) is 6.19. The smallest absolute Gasteiger partial charge is 0.310 e. The summed E-state index contributed by atoms with van der Waals surface area (Å²) in [6.45, 7) is 4.11. The van der Waals surface area contributed by atoms with Gasteiger partial charge in [-0.2, -0.15) is 0 Å². The zero-order valence-corrected chi connectivity index (χ0v) is 11.1. The number of benzene rings is 1. The number of hydrogen-bond acceptors (Lipinski definition) is 2. The molecule has 0 saturated carbocycles. The fourth-order valence-corrected chi connectivity index (χ4v) is 1.45. The Morgan fingerprint density at radius 3 is 2.56 bits per heavy atom. The third kappa shape index (κ3) is 5.36. The molecule has 0 bridgehead atoms. The first-order chi connectivity index (χ1) is 8.61. The number of ether oxygens (including phenoxy) is 1. The molecule has 0 aromatic heterocycles. The largest absolute Gasteiger partial charge is 0.469 e. The van der Waals surface area contributed by atoms with Gasteiger partial charge < -0.3 is 4.74 Å². The summed E-state index contributed by atoms with van der Waals surface area (Å²) in [5, 5.41) is 0. The molecule has 0 unspecified atom stereocenters. The summed E-state index contributed by atoms with van der Waals surface area (Å²) in [4.78, 5) is 11.3. The molecule has 1 aromatic carbocycles. The standard InChI is InChI=1S/C16H18O2/c1-13(2)11-15(12-16(17)18-3)10-9-14-7-5-4-6-8-14/h4-8,11,13H,12H2,1-3H3/b15-11+. The van der Waals surface area contributed by atoms with Gasteiger partial charge in [0, 0.05) is 11.1 Å². The van der Waals surface area contributed by atoms with Crippen molar-refractivity contribution in [1.29, 1.82) is 0 Å². The van der Waals surface area contributed by atoms with Gasteiger partial charge in [0.25, 0.3) is 0 Å². The summed E-state index contributed by atoms with van der Waals surface area (Å²) < 4.78 is 4.67. The SMILES string of the molecule is COC(=O)C/C(C#Cc1ccccc1)=C/C(C)C. The molecule has 0 heterocycles. The maximum absolute atomic E-state index is 11.3. The number of hydrogen-bond donors (Lipinski definition) is 0. The third-order valence-electron chi connectivity index (χ3n) is 2.24. The first kappa shape index (κ1) is 14.1. The van der Waals surface area contributed by atoms with E-state index in [4.69, 9.17) is 0 Å². The first-order valence-electron chi connectivity index (χ1n) is 5.96. The second-order valence-corrected chi connectivity index (χ2v) is 4.30. The lowest BCUT2D eigenvalue weighted by molar-refractivity contribution is -0.139. The Balaban J connectivity index is 2.86. The van der Waals surface area contributed by atoms with Gasteiger partial charge in [-0.15, -0.1) is 0 Å². The normalized spacial score (nSPS) is 10.8. The lowest BCUT2D eigenvalue weighted by atomic mass is 10.1. The van der Waals surface area contributed by atoms with E-state index in [9.17, 15) is 4.79 Å². The van der Waals surface area contributed by atoms with E-state index in [1.807, 2.05) is 36.4 Å². The maximum atomic E-state index is 11.3. The van der Waals surface area contributed by atoms with Crippen LogP contribution in [0.4, 0.5) is 0 Å². The molecular formula is C16H18O2.